The quantitative estimate of drug-likeness (QED) is 0.449. The molecule has 3 aromatic heterocycles. The molecule has 6 nitrogen and oxygen atoms in total. The van der Waals surface area contributed by atoms with Crippen molar-refractivity contribution < 1.29 is 18.0 Å². The standard InChI is InChI=1S/C20H14F3N5OS/c1-2-24-19(29)28-20-27-17-15(23)11(10-5-6-14(22)26-9-10)8-12(18(17)30-20)16-13(21)4-3-7-25-16/h3-9H,2H2,1H3,(H2,24,27,28,29). The van der Waals surface area contributed by atoms with Crippen molar-refractivity contribution in [2.75, 3.05) is 11.9 Å². The molecule has 0 bridgehead atoms. The van der Waals surface area contributed by atoms with Gasteiger partial charge in [-0.1, -0.05) is 11.3 Å². The van der Waals surface area contributed by atoms with E-state index in [1.807, 2.05) is 0 Å². The van der Waals surface area contributed by atoms with Crippen LogP contribution in [-0.2, 0) is 0 Å². The first kappa shape index (κ1) is 19.8. The summed E-state index contributed by atoms with van der Waals surface area (Å²) in [4.78, 5) is 23.7. The van der Waals surface area contributed by atoms with E-state index in [-0.39, 0.29) is 21.9 Å². The Morgan fingerprint density at radius 1 is 1.13 bits per heavy atom. The number of hydrogen-bond acceptors (Lipinski definition) is 5. The number of thiazole rings is 1. The summed E-state index contributed by atoms with van der Waals surface area (Å²) in [6.07, 6.45) is 2.60. The van der Waals surface area contributed by atoms with Gasteiger partial charge in [0.25, 0.3) is 0 Å². The second-order valence-electron chi connectivity index (χ2n) is 6.17. The third-order valence-corrected chi connectivity index (χ3v) is 5.22. The number of amides is 2. The monoisotopic (exact) mass is 429 g/mol. The first-order chi connectivity index (χ1) is 14.5. The summed E-state index contributed by atoms with van der Waals surface area (Å²) < 4.78 is 43.4. The molecule has 0 aliphatic rings. The van der Waals surface area contributed by atoms with Gasteiger partial charge in [-0.05, 0) is 37.3 Å². The van der Waals surface area contributed by atoms with Gasteiger partial charge in [0, 0.05) is 35.6 Å². The molecule has 4 aromatic rings. The van der Waals surface area contributed by atoms with Crippen LogP contribution in [-0.4, -0.2) is 27.5 Å². The van der Waals surface area contributed by atoms with Gasteiger partial charge in [-0.3, -0.25) is 10.3 Å². The lowest BCUT2D eigenvalue weighted by Gasteiger charge is -2.09. The van der Waals surface area contributed by atoms with Crippen LogP contribution in [0.5, 0.6) is 0 Å². The number of benzene rings is 1. The average Bonchev–Trinajstić information content (AvgIpc) is 3.14. The SMILES string of the molecule is CCNC(=O)Nc1nc2c(F)c(-c3ccc(F)nc3)cc(-c3ncccc3F)c2s1. The third-order valence-electron chi connectivity index (χ3n) is 4.21. The van der Waals surface area contributed by atoms with Crippen molar-refractivity contribution in [2.24, 2.45) is 0 Å². The average molecular weight is 429 g/mol. The summed E-state index contributed by atoms with van der Waals surface area (Å²) >= 11 is 0.997. The van der Waals surface area contributed by atoms with E-state index in [2.05, 4.69) is 25.6 Å². The molecular weight excluding hydrogens is 415 g/mol. The number of carbonyl (C=O) groups is 1. The van der Waals surface area contributed by atoms with Crippen molar-refractivity contribution in [1.82, 2.24) is 20.3 Å². The predicted molar refractivity (Wildman–Crippen MR) is 109 cm³/mol. The molecule has 1 aromatic carbocycles. The Kier molecular flexibility index (Phi) is 5.32. The molecule has 2 amide bonds. The fourth-order valence-electron chi connectivity index (χ4n) is 2.91. The maximum absolute atomic E-state index is 15.3. The molecule has 3 heterocycles. The lowest BCUT2D eigenvalue weighted by atomic mass is 10.0. The molecule has 0 unspecified atom stereocenters. The Bertz CT molecular complexity index is 1240. The Labute approximate surface area is 172 Å². The fourth-order valence-corrected chi connectivity index (χ4v) is 3.88. The van der Waals surface area contributed by atoms with Gasteiger partial charge in [0.1, 0.15) is 17.0 Å². The van der Waals surface area contributed by atoms with Gasteiger partial charge in [-0.2, -0.15) is 4.39 Å². The molecule has 2 N–H and O–H groups in total. The molecule has 30 heavy (non-hydrogen) atoms. The number of hydrogen-bond donors (Lipinski definition) is 2. The highest BCUT2D eigenvalue weighted by Crippen LogP contribution is 2.40. The Balaban J connectivity index is 1.95. The summed E-state index contributed by atoms with van der Waals surface area (Å²) in [5, 5.41) is 5.23. The van der Waals surface area contributed by atoms with Crippen molar-refractivity contribution in [3.63, 3.8) is 0 Å². The highest BCUT2D eigenvalue weighted by Gasteiger charge is 2.22. The lowest BCUT2D eigenvalue weighted by molar-refractivity contribution is 0.252. The van der Waals surface area contributed by atoms with Crippen LogP contribution < -0.4 is 10.6 Å². The number of urea groups is 1. The van der Waals surface area contributed by atoms with Gasteiger partial charge >= 0.3 is 6.03 Å². The molecule has 0 aliphatic heterocycles. The van der Waals surface area contributed by atoms with E-state index in [0.29, 0.717) is 22.4 Å². The van der Waals surface area contributed by atoms with Gasteiger partial charge in [0.15, 0.2) is 10.9 Å². The first-order valence-corrected chi connectivity index (χ1v) is 9.70. The van der Waals surface area contributed by atoms with Gasteiger partial charge in [-0.15, -0.1) is 0 Å². The molecule has 152 valence electrons. The summed E-state index contributed by atoms with van der Waals surface area (Å²) in [5.74, 6) is -2.00. The van der Waals surface area contributed by atoms with Gasteiger partial charge in [0.2, 0.25) is 5.95 Å². The van der Waals surface area contributed by atoms with Crippen LogP contribution in [0.4, 0.5) is 23.1 Å². The van der Waals surface area contributed by atoms with Gasteiger partial charge in [0.05, 0.1) is 4.70 Å². The topological polar surface area (TPSA) is 79.8 Å². The largest absolute Gasteiger partial charge is 0.338 e. The van der Waals surface area contributed by atoms with Crippen LogP contribution in [0.1, 0.15) is 6.92 Å². The lowest BCUT2D eigenvalue weighted by Crippen LogP contribution is -2.28. The first-order valence-electron chi connectivity index (χ1n) is 8.88. The molecule has 0 fully saturated rings. The van der Waals surface area contributed by atoms with Crippen molar-refractivity contribution >= 4 is 32.7 Å². The minimum atomic E-state index is -0.710. The van der Waals surface area contributed by atoms with Crippen LogP contribution in [0.3, 0.4) is 0 Å². The molecular formula is C20H14F3N5OS. The minimum absolute atomic E-state index is 0.00651. The van der Waals surface area contributed by atoms with Crippen LogP contribution in [0.15, 0.2) is 42.7 Å². The molecule has 0 saturated carbocycles. The second-order valence-corrected chi connectivity index (χ2v) is 7.17. The summed E-state index contributed by atoms with van der Waals surface area (Å²) in [7, 11) is 0. The number of pyridine rings is 2. The van der Waals surface area contributed by atoms with E-state index in [4.69, 9.17) is 0 Å². The Morgan fingerprint density at radius 3 is 2.67 bits per heavy atom. The summed E-state index contributed by atoms with van der Waals surface area (Å²) in [6, 6.07) is 6.08. The Morgan fingerprint density at radius 2 is 1.97 bits per heavy atom. The van der Waals surface area contributed by atoms with Crippen molar-refractivity contribution in [3.8, 4) is 22.4 Å². The molecule has 0 radical (unpaired) electrons. The van der Waals surface area contributed by atoms with Crippen molar-refractivity contribution in [1.29, 1.82) is 0 Å². The predicted octanol–water partition coefficient (Wildman–Crippen LogP) is 4.98. The fraction of sp³-hybridized carbons (Fsp3) is 0.100. The summed E-state index contributed by atoms with van der Waals surface area (Å²) in [5.41, 5.74) is 0.593. The van der Waals surface area contributed by atoms with E-state index in [0.717, 1.165) is 17.4 Å². The number of nitrogens with one attached hydrogen (secondary N) is 2. The zero-order valence-electron chi connectivity index (χ0n) is 15.5. The molecule has 0 atom stereocenters. The van der Waals surface area contributed by atoms with E-state index in [1.54, 1.807) is 6.92 Å². The number of carbonyl (C=O) groups excluding carboxylic acids is 1. The van der Waals surface area contributed by atoms with Gasteiger partial charge in [-0.25, -0.2) is 23.5 Å². The van der Waals surface area contributed by atoms with E-state index in [1.165, 1.54) is 36.7 Å². The van der Waals surface area contributed by atoms with Crippen molar-refractivity contribution in [2.45, 2.75) is 6.92 Å². The molecule has 0 spiro atoms. The Hall–Kier alpha value is -3.53. The third kappa shape index (κ3) is 3.69. The van der Waals surface area contributed by atoms with E-state index >= 15 is 4.39 Å². The van der Waals surface area contributed by atoms with Crippen LogP contribution >= 0.6 is 11.3 Å². The molecule has 0 saturated heterocycles. The highest BCUT2D eigenvalue weighted by atomic mass is 32.1. The molecule has 10 heteroatoms. The van der Waals surface area contributed by atoms with E-state index in [9.17, 15) is 13.6 Å². The number of nitrogens with zero attached hydrogens (tertiary/aromatic N) is 3. The van der Waals surface area contributed by atoms with Crippen LogP contribution in [0.25, 0.3) is 32.6 Å². The second kappa shape index (κ2) is 8.07. The maximum atomic E-state index is 15.3. The molecule has 4 rings (SSSR count). The summed E-state index contributed by atoms with van der Waals surface area (Å²) in [6.45, 7) is 2.15. The smallest absolute Gasteiger partial charge is 0.321 e. The number of rotatable bonds is 4. The van der Waals surface area contributed by atoms with Crippen LogP contribution in [0.2, 0.25) is 0 Å². The van der Waals surface area contributed by atoms with Gasteiger partial charge < -0.3 is 5.32 Å². The van der Waals surface area contributed by atoms with Crippen molar-refractivity contribution in [3.05, 3.63) is 60.3 Å². The zero-order valence-corrected chi connectivity index (χ0v) is 16.4. The normalized spacial score (nSPS) is 10.9. The molecule has 0 aliphatic carbocycles. The number of aromatic nitrogens is 3. The number of halogens is 3. The van der Waals surface area contributed by atoms with E-state index < -0.39 is 23.6 Å². The maximum Gasteiger partial charge on any atom is 0.321 e. The minimum Gasteiger partial charge on any atom is -0.338 e. The van der Waals surface area contributed by atoms with Crippen LogP contribution in [0, 0.1) is 17.6 Å². The number of anilines is 1. The zero-order chi connectivity index (χ0) is 21.3. The number of fused-ring (bicyclic) bond motifs is 1. The highest BCUT2D eigenvalue weighted by molar-refractivity contribution is 7.22.